The fourth-order valence-electron chi connectivity index (χ4n) is 1.88. The first kappa shape index (κ1) is 12.7. The molecule has 16 heavy (non-hydrogen) atoms. The van der Waals surface area contributed by atoms with Crippen molar-refractivity contribution in [1.29, 1.82) is 0 Å². The van der Waals surface area contributed by atoms with Crippen molar-refractivity contribution in [3.8, 4) is 0 Å². The van der Waals surface area contributed by atoms with Crippen LogP contribution in [-0.2, 0) is 19.1 Å². The molecule has 0 N–H and O–H groups in total. The van der Waals surface area contributed by atoms with Gasteiger partial charge in [0.1, 0.15) is 6.10 Å². The lowest BCUT2D eigenvalue weighted by Crippen LogP contribution is -2.46. The van der Waals surface area contributed by atoms with Gasteiger partial charge in [-0.05, 0) is 19.8 Å². The van der Waals surface area contributed by atoms with E-state index >= 15 is 0 Å². The predicted molar refractivity (Wildman–Crippen MR) is 58.6 cm³/mol. The highest BCUT2D eigenvalue weighted by Gasteiger charge is 2.52. The first-order valence-electron chi connectivity index (χ1n) is 5.38. The first-order valence-corrected chi connectivity index (χ1v) is 5.38. The minimum absolute atomic E-state index is 0.0113. The van der Waals surface area contributed by atoms with E-state index in [0.717, 1.165) is 0 Å². The van der Waals surface area contributed by atoms with E-state index in [0.29, 0.717) is 5.57 Å². The van der Waals surface area contributed by atoms with Crippen LogP contribution in [0, 0.1) is 5.92 Å². The highest BCUT2D eigenvalue weighted by Crippen LogP contribution is 2.37. The Bertz CT molecular complexity index is 332. The molecule has 1 rings (SSSR count). The summed E-state index contributed by atoms with van der Waals surface area (Å²) in [6.07, 6.45) is -0.298. The van der Waals surface area contributed by atoms with Crippen LogP contribution in [0.3, 0.4) is 0 Å². The lowest BCUT2D eigenvalue weighted by Gasteiger charge is -2.34. The van der Waals surface area contributed by atoms with E-state index in [1.807, 2.05) is 13.8 Å². The lowest BCUT2D eigenvalue weighted by molar-refractivity contribution is -0.167. The van der Waals surface area contributed by atoms with Gasteiger partial charge in [-0.15, -0.1) is 0 Å². The third kappa shape index (κ3) is 2.10. The molecule has 1 heterocycles. The van der Waals surface area contributed by atoms with E-state index in [9.17, 15) is 9.59 Å². The van der Waals surface area contributed by atoms with Crippen LogP contribution in [0.5, 0.6) is 0 Å². The minimum atomic E-state index is -0.854. The molecule has 4 heteroatoms. The molecule has 1 fully saturated rings. The smallest absolute Gasteiger partial charge is 0.333 e. The summed E-state index contributed by atoms with van der Waals surface area (Å²) in [4.78, 5) is 22.9. The molecule has 4 nitrogen and oxygen atoms in total. The summed E-state index contributed by atoms with van der Waals surface area (Å²) in [7, 11) is 0. The van der Waals surface area contributed by atoms with E-state index in [4.69, 9.17) is 9.47 Å². The van der Waals surface area contributed by atoms with E-state index in [-0.39, 0.29) is 18.3 Å². The summed E-state index contributed by atoms with van der Waals surface area (Å²) in [6.45, 7) is 10.7. The van der Waals surface area contributed by atoms with Gasteiger partial charge in [-0.2, -0.15) is 0 Å². The van der Waals surface area contributed by atoms with Crippen LogP contribution < -0.4 is 0 Å². The zero-order chi connectivity index (χ0) is 12.5. The van der Waals surface area contributed by atoms with Crippen molar-refractivity contribution >= 4 is 11.9 Å². The Morgan fingerprint density at radius 3 is 2.50 bits per heavy atom. The maximum Gasteiger partial charge on any atom is 0.333 e. The minimum Gasteiger partial charge on any atom is -0.458 e. The second-order valence-corrected chi connectivity index (χ2v) is 4.59. The van der Waals surface area contributed by atoms with Crippen molar-refractivity contribution in [2.75, 3.05) is 0 Å². The normalized spacial score (nSPS) is 29.1. The molecule has 0 aromatic rings. The number of hydrogen-bond acceptors (Lipinski definition) is 4. The Balaban J connectivity index is 2.94. The highest BCUT2D eigenvalue weighted by molar-refractivity contribution is 5.88. The average molecular weight is 226 g/mol. The molecular weight excluding hydrogens is 208 g/mol. The number of hydrogen-bond donors (Lipinski definition) is 0. The molecule has 90 valence electrons. The zero-order valence-corrected chi connectivity index (χ0v) is 10.2. The number of rotatable bonds is 3. The molecule has 1 saturated heterocycles. The maximum absolute atomic E-state index is 11.6. The van der Waals surface area contributed by atoms with Gasteiger partial charge >= 0.3 is 11.9 Å². The molecular formula is C12H18O4. The Labute approximate surface area is 95.6 Å². The number of carbonyl (C=O) groups excluding carboxylic acids is 2. The van der Waals surface area contributed by atoms with E-state index in [1.165, 1.54) is 0 Å². The van der Waals surface area contributed by atoms with Crippen LogP contribution in [0.1, 0.15) is 34.1 Å². The Morgan fingerprint density at radius 2 is 2.19 bits per heavy atom. The molecule has 1 aliphatic heterocycles. The molecule has 2 unspecified atom stereocenters. The van der Waals surface area contributed by atoms with E-state index in [2.05, 4.69) is 6.58 Å². The maximum atomic E-state index is 11.6. The zero-order valence-electron chi connectivity index (χ0n) is 10.2. The van der Waals surface area contributed by atoms with E-state index < -0.39 is 17.7 Å². The second kappa shape index (κ2) is 4.28. The van der Waals surface area contributed by atoms with Gasteiger partial charge in [0, 0.05) is 5.57 Å². The van der Waals surface area contributed by atoms with Gasteiger partial charge in [0.15, 0.2) is 5.60 Å². The van der Waals surface area contributed by atoms with Crippen molar-refractivity contribution in [3.05, 3.63) is 12.2 Å². The predicted octanol–water partition coefficient (Wildman–Crippen LogP) is 1.84. The number of cyclic esters (lactones) is 1. The average Bonchev–Trinajstić information content (AvgIpc) is 2.42. The monoisotopic (exact) mass is 226 g/mol. The SMILES string of the molecule is C=C(C)C(=O)OC1(C(C)C)CC(=O)OC1C. The van der Waals surface area contributed by atoms with Crippen molar-refractivity contribution in [3.63, 3.8) is 0 Å². The Hall–Kier alpha value is -1.32. The highest BCUT2D eigenvalue weighted by atomic mass is 16.6. The number of ether oxygens (including phenoxy) is 2. The van der Waals surface area contributed by atoms with Crippen LogP contribution in [-0.4, -0.2) is 23.6 Å². The molecule has 1 aliphatic rings. The number of carbonyl (C=O) groups is 2. The molecule has 0 aromatic heterocycles. The van der Waals surface area contributed by atoms with Crippen molar-refractivity contribution < 1.29 is 19.1 Å². The van der Waals surface area contributed by atoms with Gasteiger partial charge in [0.2, 0.25) is 0 Å². The second-order valence-electron chi connectivity index (χ2n) is 4.59. The summed E-state index contributed by atoms with van der Waals surface area (Å²) in [5.41, 5.74) is -0.529. The van der Waals surface area contributed by atoms with Crippen LogP contribution in [0.25, 0.3) is 0 Å². The lowest BCUT2D eigenvalue weighted by atomic mass is 9.84. The van der Waals surface area contributed by atoms with Crippen LogP contribution >= 0.6 is 0 Å². The summed E-state index contributed by atoms with van der Waals surface area (Å²) >= 11 is 0. The summed E-state index contributed by atoms with van der Waals surface area (Å²) in [6, 6.07) is 0. The summed E-state index contributed by atoms with van der Waals surface area (Å²) < 4.78 is 10.5. The van der Waals surface area contributed by atoms with Crippen LogP contribution in [0.15, 0.2) is 12.2 Å². The number of esters is 2. The fraction of sp³-hybridized carbons (Fsp3) is 0.667. The molecule has 0 aliphatic carbocycles. The first-order chi connectivity index (χ1) is 7.29. The van der Waals surface area contributed by atoms with E-state index in [1.54, 1.807) is 13.8 Å². The molecule has 0 radical (unpaired) electrons. The fourth-order valence-corrected chi connectivity index (χ4v) is 1.88. The molecule has 0 amide bonds. The quantitative estimate of drug-likeness (QED) is 0.544. The summed E-state index contributed by atoms with van der Waals surface area (Å²) in [5, 5.41) is 0. The third-order valence-electron chi connectivity index (χ3n) is 3.03. The Kier molecular flexibility index (Phi) is 3.41. The van der Waals surface area contributed by atoms with Gasteiger partial charge in [-0.25, -0.2) is 4.79 Å². The largest absolute Gasteiger partial charge is 0.458 e. The van der Waals surface area contributed by atoms with Crippen molar-refractivity contribution in [1.82, 2.24) is 0 Å². The molecule has 0 spiro atoms. The van der Waals surface area contributed by atoms with Crippen molar-refractivity contribution in [2.24, 2.45) is 5.92 Å². The standard InChI is InChI=1S/C12H18O4/c1-7(2)11(14)16-12(8(3)4)6-10(13)15-9(12)5/h8-9H,1,6H2,2-5H3. The van der Waals surface area contributed by atoms with Gasteiger partial charge < -0.3 is 9.47 Å². The van der Waals surface area contributed by atoms with Gasteiger partial charge in [0.25, 0.3) is 0 Å². The topological polar surface area (TPSA) is 52.6 Å². The molecule has 0 aromatic carbocycles. The van der Waals surface area contributed by atoms with Gasteiger partial charge in [-0.1, -0.05) is 20.4 Å². The van der Waals surface area contributed by atoms with Gasteiger partial charge in [0.05, 0.1) is 6.42 Å². The van der Waals surface area contributed by atoms with Crippen LogP contribution in [0.2, 0.25) is 0 Å². The molecule has 0 bridgehead atoms. The molecule has 0 saturated carbocycles. The van der Waals surface area contributed by atoms with Crippen molar-refractivity contribution in [2.45, 2.75) is 45.8 Å². The van der Waals surface area contributed by atoms with Crippen LogP contribution in [0.4, 0.5) is 0 Å². The summed E-state index contributed by atoms with van der Waals surface area (Å²) in [5.74, 6) is -0.785. The molecule has 2 atom stereocenters. The third-order valence-corrected chi connectivity index (χ3v) is 3.03. The Morgan fingerprint density at radius 1 is 1.62 bits per heavy atom. The van der Waals surface area contributed by atoms with Gasteiger partial charge in [-0.3, -0.25) is 4.79 Å².